The van der Waals surface area contributed by atoms with Crippen LogP contribution in [-0.4, -0.2) is 51.8 Å². The summed E-state index contributed by atoms with van der Waals surface area (Å²) in [5.74, 6) is -1.41. The summed E-state index contributed by atoms with van der Waals surface area (Å²) < 4.78 is 34.2. The molecule has 0 aliphatic carbocycles. The Hall–Kier alpha value is -0.700. The van der Waals surface area contributed by atoms with Crippen molar-refractivity contribution in [3.05, 3.63) is 0 Å². The van der Waals surface area contributed by atoms with Gasteiger partial charge in [0.15, 0.2) is 11.5 Å². The predicted molar refractivity (Wildman–Crippen MR) is 51.8 cm³/mol. The maximum Gasteiger partial charge on any atom is 0.323 e. The third-order valence-corrected chi connectivity index (χ3v) is 3.49. The average molecular weight is 241 g/mol. The molecule has 0 amide bonds. The van der Waals surface area contributed by atoms with Crippen molar-refractivity contribution < 1.29 is 27.8 Å². The van der Waals surface area contributed by atoms with Crippen LogP contribution in [0.2, 0.25) is 0 Å². The Bertz CT molecular complexity index is 297. The molecule has 7 nitrogen and oxygen atoms in total. The summed E-state index contributed by atoms with van der Waals surface area (Å²) in [5.41, 5.74) is 0. The topological polar surface area (TPSA) is 102 Å². The number of carbonyl (C=O) groups is 1. The largest absolute Gasteiger partial charge is 0.480 e. The predicted octanol–water partition coefficient (Wildman–Crippen LogP) is -1.00. The van der Waals surface area contributed by atoms with Crippen LogP contribution in [0.1, 0.15) is 6.92 Å². The van der Waals surface area contributed by atoms with Crippen molar-refractivity contribution >= 4 is 16.0 Å². The summed E-state index contributed by atoms with van der Waals surface area (Å²) >= 11 is 0. The molecule has 0 saturated heterocycles. The van der Waals surface area contributed by atoms with Gasteiger partial charge in [-0.15, -0.1) is 0 Å². The summed E-state index contributed by atoms with van der Waals surface area (Å²) in [7, 11) is -1.18. The van der Waals surface area contributed by atoms with Crippen LogP contribution in [0.25, 0.3) is 0 Å². The van der Waals surface area contributed by atoms with Crippen molar-refractivity contribution in [3.63, 3.8) is 0 Å². The molecular formula is C7H15NO6S. The number of methoxy groups -OCH3 is 2. The lowest BCUT2D eigenvalue weighted by Gasteiger charge is -2.15. The first-order valence-electron chi connectivity index (χ1n) is 4.12. The molecule has 8 heteroatoms. The van der Waals surface area contributed by atoms with Crippen LogP contribution in [0.5, 0.6) is 0 Å². The van der Waals surface area contributed by atoms with E-state index in [2.05, 4.69) is 4.72 Å². The highest BCUT2D eigenvalue weighted by Crippen LogP contribution is 1.99. The monoisotopic (exact) mass is 241 g/mol. The number of nitrogens with one attached hydrogen (secondary N) is 1. The summed E-state index contributed by atoms with van der Waals surface area (Å²) in [4.78, 5) is 10.4. The van der Waals surface area contributed by atoms with Crippen LogP contribution in [-0.2, 0) is 24.3 Å². The van der Waals surface area contributed by atoms with Gasteiger partial charge in [-0.3, -0.25) is 4.79 Å². The van der Waals surface area contributed by atoms with Gasteiger partial charge < -0.3 is 14.6 Å². The number of hydrogen-bond donors (Lipinski definition) is 2. The van der Waals surface area contributed by atoms with E-state index in [4.69, 9.17) is 14.6 Å². The Labute approximate surface area is 88.4 Å². The molecule has 0 saturated carbocycles. The first kappa shape index (κ1) is 14.3. The fraction of sp³-hybridized carbons (Fsp3) is 0.857. The van der Waals surface area contributed by atoms with Gasteiger partial charge in [-0.2, -0.15) is 0 Å². The first-order valence-corrected chi connectivity index (χ1v) is 5.66. The van der Waals surface area contributed by atoms with E-state index in [0.29, 0.717) is 0 Å². The lowest BCUT2D eigenvalue weighted by molar-refractivity contribution is -0.136. The van der Waals surface area contributed by atoms with E-state index < -0.39 is 27.5 Å². The number of hydrogen-bond acceptors (Lipinski definition) is 5. The van der Waals surface area contributed by atoms with Crippen molar-refractivity contribution in [1.82, 2.24) is 4.72 Å². The molecular weight excluding hydrogens is 226 g/mol. The van der Waals surface area contributed by atoms with Gasteiger partial charge in [0, 0.05) is 14.2 Å². The molecule has 90 valence electrons. The van der Waals surface area contributed by atoms with Crippen LogP contribution >= 0.6 is 0 Å². The Balaban J connectivity index is 4.33. The van der Waals surface area contributed by atoms with E-state index in [1.54, 1.807) is 0 Å². The van der Waals surface area contributed by atoms with Crippen LogP contribution in [0, 0.1) is 0 Å². The van der Waals surface area contributed by atoms with Gasteiger partial charge in [0.2, 0.25) is 10.0 Å². The van der Waals surface area contributed by atoms with Gasteiger partial charge in [-0.25, -0.2) is 13.1 Å². The molecule has 0 bridgehead atoms. The standard InChI is InChI=1S/C7H15NO6S/c1-5(7(9)10)15(11,12)8-4-6(13-2)14-3/h5-6,8H,4H2,1-3H3,(H,9,10). The van der Waals surface area contributed by atoms with Crippen molar-refractivity contribution in [3.8, 4) is 0 Å². The number of aliphatic carboxylic acids is 1. The number of rotatable bonds is 7. The Morgan fingerprint density at radius 3 is 2.20 bits per heavy atom. The van der Waals surface area contributed by atoms with E-state index >= 15 is 0 Å². The van der Waals surface area contributed by atoms with E-state index in [-0.39, 0.29) is 6.54 Å². The molecule has 0 aromatic carbocycles. The zero-order chi connectivity index (χ0) is 12.1. The van der Waals surface area contributed by atoms with Gasteiger partial charge in [-0.05, 0) is 6.92 Å². The summed E-state index contributed by atoms with van der Waals surface area (Å²) in [6, 6.07) is 0. The lowest BCUT2D eigenvalue weighted by atomic mass is 10.5. The highest BCUT2D eigenvalue weighted by Gasteiger charge is 2.27. The minimum atomic E-state index is -3.88. The van der Waals surface area contributed by atoms with Crippen LogP contribution in [0.4, 0.5) is 0 Å². The third kappa shape index (κ3) is 4.56. The fourth-order valence-corrected chi connectivity index (χ4v) is 1.59. The highest BCUT2D eigenvalue weighted by molar-refractivity contribution is 7.90. The Kier molecular flexibility index (Phi) is 5.73. The van der Waals surface area contributed by atoms with Gasteiger partial charge >= 0.3 is 5.97 Å². The molecule has 0 aliphatic heterocycles. The van der Waals surface area contributed by atoms with Crippen molar-refractivity contribution in [2.45, 2.75) is 18.5 Å². The van der Waals surface area contributed by atoms with Crippen molar-refractivity contribution in [2.24, 2.45) is 0 Å². The first-order chi connectivity index (χ1) is 6.85. The smallest absolute Gasteiger partial charge is 0.323 e. The minimum absolute atomic E-state index is 0.132. The maximum atomic E-state index is 11.3. The normalized spacial score (nSPS) is 14.1. The Morgan fingerprint density at radius 2 is 1.87 bits per heavy atom. The maximum absolute atomic E-state index is 11.3. The Morgan fingerprint density at radius 1 is 1.40 bits per heavy atom. The van der Waals surface area contributed by atoms with Crippen molar-refractivity contribution in [1.29, 1.82) is 0 Å². The second-order valence-corrected chi connectivity index (χ2v) is 4.86. The zero-order valence-electron chi connectivity index (χ0n) is 8.76. The number of carboxylic acid groups (broad SMARTS) is 1. The second-order valence-electron chi connectivity index (χ2n) is 2.77. The molecule has 0 fully saturated rings. The average Bonchev–Trinajstić information content (AvgIpc) is 2.18. The second kappa shape index (κ2) is 6.01. The summed E-state index contributed by atoms with van der Waals surface area (Å²) in [5, 5.41) is 7.01. The van der Waals surface area contributed by atoms with E-state index in [1.807, 2.05) is 0 Å². The van der Waals surface area contributed by atoms with Gasteiger partial charge in [-0.1, -0.05) is 0 Å². The molecule has 0 heterocycles. The molecule has 0 spiro atoms. The molecule has 0 aliphatic rings. The van der Waals surface area contributed by atoms with Crippen LogP contribution < -0.4 is 4.72 Å². The summed E-state index contributed by atoms with van der Waals surface area (Å²) in [6.07, 6.45) is -0.735. The molecule has 1 unspecified atom stereocenters. The molecule has 0 rings (SSSR count). The minimum Gasteiger partial charge on any atom is -0.480 e. The van der Waals surface area contributed by atoms with Crippen LogP contribution in [0.15, 0.2) is 0 Å². The zero-order valence-corrected chi connectivity index (χ0v) is 9.58. The van der Waals surface area contributed by atoms with Crippen molar-refractivity contribution in [2.75, 3.05) is 20.8 Å². The molecule has 2 N–H and O–H groups in total. The quantitative estimate of drug-likeness (QED) is 0.554. The molecule has 15 heavy (non-hydrogen) atoms. The summed E-state index contributed by atoms with van der Waals surface area (Å²) in [6.45, 7) is 0.951. The molecule has 0 aromatic heterocycles. The molecule has 1 atom stereocenters. The van der Waals surface area contributed by atoms with E-state index in [0.717, 1.165) is 6.92 Å². The highest BCUT2D eigenvalue weighted by atomic mass is 32.2. The molecule has 0 radical (unpaired) electrons. The fourth-order valence-electron chi connectivity index (χ4n) is 0.705. The molecule has 0 aromatic rings. The SMILES string of the molecule is COC(CNS(=O)(=O)C(C)C(=O)O)OC. The van der Waals surface area contributed by atoms with Crippen LogP contribution in [0.3, 0.4) is 0 Å². The number of sulfonamides is 1. The van der Waals surface area contributed by atoms with Gasteiger partial charge in [0.1, 0.15) is 0 Å². The lowest BCUT2D eigenvalue weighted by Crippen LogP contribution is -2.41. The van der Waals surface area contributed by atoms with Gasteiger partial charge in [0.25, 0.3) is 0 Å². The number of carboxylic acids is 1. The number of ether oxygens (including phenoxy) is 2. The van der Waals surface area contributed by atoms with Gasteiger partial charge in [0.05, 0.1) is 6.54 Å². The van der Waals surface area contributed by atoms with E-state index in [9.17, 15) is 13.2 Å². The van der Waals surface area contributed by atoms with E-state index in [1.165, 1.54) is 14.2 Å². The third-order valence-electron chi connectivity index (χ3n) is 1.79.